The highest BCUT2D eigenvalue weighted by molar-refractivity contribution is 5.97. The molecule has 2 fully saturated rings. The Morgan fingerprint density at radius 3 is 2.42 bits per heavy atom. The molecular weight excluding hydrogens is 532 g/mol. The second-order valence-electron chi connectivity index (χ2n) is 11.0. The van der Waals surface area contributed by atoms with Gasteiger partial charge in [0.2, 0.25) is 5.91 Å². The highest BCUT2D eigenvalue weighted by Gasteiger charge is 2.56. The molecule has 2 aromatic rings. The first-order valence-corrected chi connectivity index (χ1v) is 13.5. The van der Waals surface area contributed by atoms with E-state index in [2.05, 4.69) is 0 Å². The smallest absolute Gasteiger partial charge is 0.389 e. The maximum Gasteiger partial charge on any atom is 0.389 e. The van der Waals surface area contributed by atoms with Crippen molar-refractivity contribution in [2.45, 2.75) is 70.7 Å². The summed E-state index contributed by atoms with van der Waals surface area (Å²) in [6.45, 7) is 2.84. The minimum Gasteiger partial charge on any atom is -0.462 e. The minimum absolute atomic E-state index is 0.0338. The van der Waals surface area contributed by atoms with Crippen LogP contribution in [0.2, 0.25) is 0 Å². The molecule has 1 saturated heterocycles. The summed E-state index contributed by atoms with van der Waals surface area (Å²) in [6, 6.07) is 6.88. The number of piperidine rings is 1. The van der Waals surface area contributed by atoms with E-state index >= 15 is 0 Å². The van der Waals surface area contributed by atoms with Crippen LogP contribution in [0.25, 0.3) is 11.1 Å². The monoisotopic (exact) mass is 566 g/mol. The second-order valence-corrected chi connectivity index (χ2v) is 11.0. The van der Waals surface area contributed by atoms with Crippen LogP contribution in [0.15, 0.2) is 41.3 Å². The summed E-state index contributed by atoms with van der Waals surface area (Å²) in [5.41, 5.74) is -2.77. The maximum atomic E-state index is 14.6. The lowest BCUT2D eigenvalue weighted by Crippen LogP contribution is -2.62. The molecule has 1 spiro atoms. The van der Waals surface area contributed by atoms with Crippen molar-refractivity contribution in [1.29, 1.82) is 0 Å². The largest absolute Gasteiger partial charge is 0.462 e. The summed E-state index contributed by atoms with van der Waals surface area (Å²) >= 11 is 0. The molecule has 2 heterocycles. The standard InChI is InChI=1S/C29H34F4N2O5/c1-3-40-26(38)22-16-35(24(36)14-21(22)20-8-4-5-9-23(20)30)18-28(39)12-13-34(17-27(28)10-6-7-11-27)25(37)19(2)15-29(31,32)33/h4-5,8-9,14,16,19,39H,3,6-7,10-13,15,17-18H2,1-2H3/t19-,28-/m1/s1. The van der Waals surface area contributed by atoms with E-state index in [1.807, 2.05) is 0 Å². The van der Waals surface area contributed by atoms with Gasteiger partial charge in [-0.2, -0.15) is 13.2 Å². The third kappa shape index (κ3) is 5.94. The molecule has 0 radical (unpaired) electrons. The van der Waals surface area contributed by atoms with Crippen molar-refractivity contribution in [3.05, 3.63) is 58.3 Å². The predicted molar refractivity (Wildman–Crippen MR) is 139 cm³/mol. The number of hydrogen-bond donors (Lipinski definition) is 1. The van der Waals surface area contributed by atoms with Crippen LogP contribution in [0, 0.1) is 17.2 Å². The molecule has 0 unspecified atom stereocenters. The summed E-state index contributed by atoms with van der Waals surface area (Å²) < 4.78 is 59.8. The first-order chi connectivity index (χ1) is 18.8. The van der Waals surface area contributed by atoms with Gasteiger partial charge in [-0.3, -0.25) is 9.59 Å². The molecule has 2 atom stereocenters. The number of amides is 1. The Kier molecular flexibility index (Phi) is 8.44. The predicted octanol–water partition coefficient (Wildman–Crippen LogP) is 4.94. The van der Waals surface area contributed by atoms with Crippen LogP contribution in [0.1, 0.15) is 62.7 Å². The van der Waals surface area contributed by atoms with Gasteiger partial charge in [0, 0.05) is 47.8 Å². The van der Waals surface area contributed by atoms with Gasteiger partial charge in [-0.25, -0.2) is 9.18 Å². The number of esters is 1. The van der Waals surface area contributed by atoms with Crippen LogP contribution in [0.5, 0.6) is 0 Å². The molecule has 218 valence electrons. The normalized spacial score (nSPS) is 21.4. The van der Waals surface area contributed by atoms with Crippen LogP contribution in [0.3, 0.4) is 0 Å². The van der Waals surface area contributed by atoms with Gasteiger partial charge in [-0.05, 0) is 32.3 Å². The van der Waals surface area contributed by atoms with Gasteiger partial charge >= 0.3 is 12.1 Å². The Morgan fingerprint density at radius 1 is 1.12 bits per heavy atom. The van der Waals surface area contributed by atoms with Crippen molar-refractivity contribution < 1.29 is 37.0 Å². The van der Waals surface area contributed by atoms with E-state index in [1.165, 1.54) is 40.8 Å². The molecule has 1 aliphatic heterocycles. The quantitative estimate of drug-likeness (QED) is 0.379. The van der Waals surface area contributed by atoms with Crippen molar-refractivity contribution in [2.24, 2.45) is 11.3 Å². The van der Waals surface area contributed by atoms with Crippen molar-refractivity contribution in [1.82, 2.24) is 9.47 Å². The Balaban J connectivity index is 1.68. The number of aromatic nitrogens is 1. The molecule has 2 aliphatic rings. The average Bonchev–Trinajstić information content (AvgIpc) is 3.36. The van der Waals surface area contributed by atoms with Crippen LogP contribution in [0.4, 0.5) is 17.6 Å². The number of aliphatic hydroxyl groups is 1. The van der Waals surface area contributed by atoms with E-state index in [1.54, 1.807) is 13.0 Å². The van der Waals surface area contributed by atoms with Gasteiger partial charge in [-0.1, -0.05) is 38.0 Å². The Bertz CT molecular complexity index is 1320. The molecule has 0 bridgehead atoms. The Labute approximate surface area is 229 Å². The van der Waals surface area contributed by atoms with Crippen LogP contribution in [-0.2, 0) is 16.1 Å². The maximum absolute atomic E-state index is 14.6. The summed E-state index contributed by atoms with van der Waals surface area (Å²) in [5.74, 6) is -3.23. The van der Waals surface area contributed by atoms with Crippen LogP contribution >= 0.6 is 0 Å². The number of pyridine rings is 1. The zero-order valence-corrected chi connectivity index (χ0v) is 22.6. The minimum atomic E-state index is -4.47. The fourth-order valence-corrected chi connectivity index (χ4v) is 6.29. The van der Waals surface area contributed by atoms with E-state index in [-0.39, 0.29) is 49.4 Å². The molecule has 40 heavy (non-hydrogen) atoms. The fourth-order valence-electron chi connectivity index (χ4n) is 6.29. The summed E-state index contributed by atoms with van der Waals surface area (Å²) in [5, 5.41) is 12.0. The molecule has 7 nitrogen and oxygen atoms in total. The molecule has 4 rings (SSSR count). The third-order valence-corrected chi connectivity index (χ3v) is 8.32. The van der Waals surface area contributed by atoms with Gasteiger partial charge in [0.1, 0.15) is 5.82 Å². The van der Waals surface area contributed by atoms with Crippen LogP contribution in [-0.4, -0.2) is 57.9 Å². The van der Waals surface area contributed by atoms with Gasteiger partial charge in [-0.15, -0.1) is 0 Å². The third-order valence-electron chi connectivity index (χ3n) is 8.32. The molecule has 1 aromatic carbocycles. The summed E-state index contributed by atoms with van der Waals surface area (Å²) in [4.78, 5) is 40.5. The molecule has 1 aromatic heterocycles. The number of nitrogens with zero attached hydrogens (tertiary/aromatic N) is 2. The SMILES string of the molecule is CCOC(=O)c1cn(C[C@]2(O)CCN(C(=O)[C@H](C)CC(F)(F)F)CC23CCCC3)c(=O)cc1-c1ccccc1F. The number of halogens is 4. The molecule has 1 aliphatic carbocycles. The Morgan fingerprint density at radius 2 is 1.80 bits per heavy atom. The highest BCUT2D eigenvalue weighted by Crippen LogP contribution is 2.52. The first kappa shape index (κ1) is 29.8. The lowest BCUT2D eigenvalue weighted by molar-refractivity contribution is -0.172. The summed E-state index contributed by atoms with van der Waals surface area (Å²) in [6.07, 6.45) is -1.78. The molecule has 11 heteroatoms. The molecule has 1 N–H and O–H groups in total. The van der Waals surface area contributed by atoms with Gasteiger partial charge in [0.15, 0.2) is 0 Å². The number of carbonyl (C=O) groups is 2. The van der Waals surface area contributed by atoms with Crippen molar-refractivity contribution in [2.75, 3.05) is 19.7 Å². The Hall–Kier alpha value is -3.21. The fraction of sp³-hybridized carbons (Fsp3) is 0.552. The average molecular weight is 567 g/mol. The van der Waals surface area contributed by atoms with Crippen LogP contribution < -0.4 is 5.56 Å². The van der Waals surface area contributed by atoms with E-state index in [0.717, 1.165) is 18.9 Å². The highest BCUT2D eigenvalue weighted by atomic mass is 19.4. The zero-order valence-electron chi connectivity index (χ0n) is 22.6. The van der Waals surface area contributed by atoms with Crippen molar-refractivity contribution >= 4 is 11.9 Å². The number of alkyl halides is 3. The van der Waals surface area contributed by atoms with E-state index in [9.17, 15) is 37.1 Å². The molecule has 1 amide bonds. The van der Waals surface area contributed by atoms with Gasteiger partial charge in [0.25, 0.3) is 5.56 Å². The number of rotatable bonds is 7. The summed E-state index contributed by atoms with van der Waals surface area (Å²) in [7, 11) is 0. The number of ether oxygens (including phenoxy) is 1. The number of carbonyl (C=O) groups excluding carboxylic acids is 2. The van der Waals surface area contributed by atoms with Crippen molar-refractivity contribution in [3.8, 4) is 11.1 Å². The van der Waals surface area contributed by atoms with E-state index < -0.39 is 52.8 Å². The number of likely N-dealkylation sites (tertiary alicyclic amines) is 1. The number of benzene rings is 1. The molecular formula is C29H34F4N2O5. The second kappa shape index (κ2) is 11.3. The van der Waals surface area contributed by atoms with Gasteiger partial charge in [0.05, 0.1) is 30.7 Å². The topological polar surface area (TPSA) is 88.8 Å². The van der Waals surface area contributed by atoms with E-state index in [4.69, 9.17) is 4.74 Å². The van der Waals surface area contributed by atoms with Gasteiger partial charge < -0.3 is 19.3 Å². The van der Waals surface area contributed by atoms with Crippen molar-refractivity contribution in [3.63, 3.8) is 0 Å². The zero-order chi connectivity index (χ0) is 29.3. The first-order valence-electron chi connectivity index (χ1n) is 13.5. The lowest BCUT2D eigenvalue weighted by atomic mass is 9.65. The lowest BCUT2D eigenvalue weighted by Gasteiger charge is -2.52. The van der Waals surface area contributed by atoms with E-state index in [0.29, 0.717) is 12.8 Å². The number of hydrogen-bond acceptors (Lipinski definition) is 5. The molecule has 1 saturated carbocycles.